The SMILES string of the molecule is C#CCOCCOCCOCCOCCON. The molecule has 100 valence electrons. The number of ether oxygens (including phenoxy) is 4. The first-order chi connectivity index (χ1) is 8.41. The minimum atomic E-state index is 0.323. The zero-order chi connectivity index (χ0) is 12.6. The van der Waals surface area contributed by atoms with Crippen molar-refractivity contribution in [3.8, 4) is 12.3 Å². The largest absolute Gasteiger partial charge is 0.377 e. The van der Waals surface area contributed by atoms with Gasteiger partial charge in [-0.15, -0.1) is 6.42 Å². The highest BCUT2D eigenvalue weighted by atomic mass is 16.6. The van der Waals surface area contributed by atoms with E-state index in [-0.39, 0.29) is 0 Å². The molecule has 0 spiro atoms. The van der Waals surface area contributed by atoms with E-state index in [1.54, 1.807) is 0 Å². The van der Waals surface area contributed by atoms with E-state index in [2.05, 4.69) is 10.8 Å². The first-order valence-corrected chi connectivity index (χ1v) is 5.48. The monoisotopic (exact) mass is 247 g/mol. The summed E-state index contributed by atoms with van der Waals surface area (Å²) >= 11 is 0. The Morgan fingerprint density at radius 2 is 1.12 bits per heavy atom. The van der Waals surface area contributed by atoms with Gasteiger partial charge in [0.25, 0.3) is 0 Å². The van der Waals surface area contributed by atoms with Crippen LogP contribution in [0.5, 0.6) is 0 Å². The first-order valence-electron chi connectivity index (χ1n) is 5.48. The first kappa shape index (κ1) is 16.3. The van der Waals surface area contributed by atoms with Gasteiger partial charge in [-0.05, 0) is 0 Å². The van der Waals surface area contributed by atoms with Crippen molar-refractivity contribution in [1.29, 1.82) is 0 Å². The fourth-order valence-electron chi connectivity index (χ4n) is 0.898. The van der Waals surface area contributed by atoms with Crippen LogP contribution in [0.4, 0.5) is 0 Å². The van der Waals surface area contributed by atoms with E-state index in [1.165, 1.54) is 0 Å². The molecule has 6 nitrogen and oxygen atoms in total. The summed E-state index contributed by atoms with van der Waals surface area (Å²) in [6.45, 7) is 4.34. The molecule has 0 heterocycles. The summed E-state index contributed by atoms with van der Waals surface area (Å²) < 4.78 is 20.6. The van der Waals surface area contributed by atoms with Gasteiger partial charge in [-0.25, -0.2) is 5.90 Å². The van der Waals surface area contributed by atoms with E-state index < -0.39 is 0 Å². The van der Waals surface area contributed by atoms with Gasteiger partial charge in [-0.1, -0.05) is 5.92 Å². The predicted octanol–water partition coefficient (Wildman–Crippen LogP) is -0.424. The topological polar surface area (TPSA) is 72.2 Å². The van der Waals surface area contributed by atoms with Crippen LogP contribution in [0.3, 0.4) is 0 Å². The van der Waals surface area contributed by atoms with E-state index in [0.29, 0.717) is 59.5 Å². The Labute approximate surface area is 102 Å². The Morgan fingerprint density at radius 1 is 0.706 bits per heavy atom. The predicted molar refractivity (Wildman–Crippen MR) is 62.2 cm³/mol. The van der Waals surface area contributed by atoms with E-state index >= 15 is 0 Å². The highest BCUT2D eigenvalue weighted by molar-refractivity contribution is 4.82. The molecule has 0 aromatic heterocycles. The third-order valence-corrected chi connectivity index (χ3v) is 1.65. The number of hydrogen-bond acceptors (Lipinski definition) is 6. The van der Waals surface area contributed by atoms with Crippen LogP contribution >= 0.6 is 0 Å². The third kappa shape index (κ3) is 15.3. The number of terminal acetylenes is 1. The second-order valence-corrected chi connectivity index (χ2v) is 2.96. The summed E-state index contributed by atoms with van der Waals surface area (Å²) in [5, 5.41) is 0. The summed E-state index contributed by atoms with van der Waals surface area (Å²) in [7, 11) is 0. The van der Waals surface area contributed by atoms with E-state index in [4.69, 9.17) is 31.3 Å². The highest BCUT2D eigenvalue weighted by Crippen LogP contribution is 1.82. The number of nitrogens with two attached hydrogens (primary N) is 1. The molecule has 0 unspecified atom stereocenters. The van der Waals surface area contributed by atoms with Crippen LogP contribution < -0.4 is 5.90 Å². The molecule has 6 heteroatoms. The molecule has 0 bridgehead atoms. The molecule has 0 saturated heterocycles. The molecule has 0 rings (SSSR count). The molecule has 0 aromatic carbocycles. The molecule has 0 radical (unpaired) electrons. The van der Waals surface area contributed by atoms with Crippen LogP contribution in [-0.2, 0) is 23.8 Å². The second kappa shape index (κ2) is 15.3. The van der Waals surface area contributed by atoms with Gasteiger partial charge in [-0.3, -0.25) is 0 Å². The summed E-state index contributed by atoms with van der Waals surface area (Å²) in [5.74, 6) is 7.19. The maximum absolute atomic E-state index is 5.25. The van der Waals surface area contributed by atoms with Gasteiger partial charge in [0.05, 0.1) is 52.9 Å². The van der Waals surface area contributed by atoms with Gasteiger partial charge >= 0.3 is 0 Å². The maximum atomic E-state index is 5.25. The fourth-order valence-corrected chi connectivity index (χ4v) is 0.898. The number of hydrogen-bond donors (Lipinski definition) is 1. The van der Waals surface area contributed by atoms with Gasteiger partial charge in [0, 0.05) is 0 Å². The normalized spacial score (nSPS) is 10.4. The minimum absolute atomic E-state index is 0.323. The molecule has 0 aliphatic heterocycles. The molecule has 0 aliphatic carbocycles. The Bertz CT molecular complexity index is 183. The maximum Gasteiger partial charge on any atom is 0.107 e. The van der Waals surface area contributed by atoms with Crippen LogP contribution in [0.25, 0.3) is 0 Å². The Balaban J connectivity index is 2.87. The summed E-state index contributed by atoms with van der Waals surface area (Å²) in [6, 6.07) is 0. The molecule has 0 amide bonds. The van der Waals surface area contributed by atoms with E-state index in [9.17, 15) is 0 Å². The van der Waals surface area contributed by atoms with Crippen LogP contribution in [0.2, 0.25) is 0 Å². The molecular formula is C11H21NO5. The standard InChI is InChI=1S/C11H21NO5/c1-2-3-13-4-5-14-6-7-15-8-9-16-10-11-17-12/h1H,3-12H2. The molecule has 0 aliphatic rings. The molecule has 2 N–H and O–H groups in total. The molecular weight excluding hydrogens is 226 g/mol. The quantitative estimate of drug-likeness (QED) is 0.271. The third-order valence-electron chi connectivity index (χ3n) is 1.65. The van der Waals surface area contributed by atoms with Crippen LogP contribution in [0, 0.1) is 12.3 Å². The van der Waals surface area contributed by atoms with Crippen molar-refractivity contribution in [2.75, 3.05) is 59.5 Å². The Hall–Kier alpha value is -0.680. The second-order valence-electron chi connectivity index (χ2n) is 2.96. The zero-order valence-corrected chi connectivity index (χ0v) is 10.1. The summed E-state index contributed by atoms with van der Waals surface area (Å²) in [5.41, 5.74) is 0. The zero-order valence-electron chi connectivity index (χ0n) is 10.1. The highest BCUT2D eigenvalue weighted by Gasteiger charge is 1.91. The van der Waals surface area contributed by atoms with Crippen molar-refractivity contribution in [2.45, 2.75) is 0 Å². The van der Waals surface area contributed by atoms with Crippen LogP contribution in [0.1, 0.15) is 0 Å². The fraction of sp³-hybridized carbons (Fsp3) is 0.818. The van der Waals surface area contributed by atoms with Crippen molar-refractivity contribution in [3.05, 3.63) is 0 Å². The van der Waals surface area contributed by atoms with Gasteiger partial charge in [0.1, 0.15) is 6.61 Å². The Morgan fingerprint density at radius 3 is 1.53 bits per heavy atom. The van der Waals surface area contributed by atoms with Crippen molar-refractivity contribution in [3.63, 3.8) is 0 Å². The molecule has 0 atom stereocenters. The van der Waals surface area contributed by atoms with Crippen molar-refractivity contribution in [1.82, 2.24) is 0 Å². The molecule has 0 aromatic rings. The van der Waals surface area contributed by atoms with Crippen molar-refractivity contribution >= 4 is 0 Å². The van der Waals surface area contributed by atoms with E-state index in [0.717, 1.165) is 0 Å². The molecule has 17 heavy (non-hydrogen) atoms. The Kier molecular flexibility index (Phi) is 14.7. The van der Waals surface area contributed by atoms with Gasteiger partial charge in [0.15, 0.2) is 0 Å². The van der Waals surface area contributed by atoms with Gasteiger partial charge in [-0.2, -0.15) is 0 Å². The summed E-state index contributed by atoms with van der Waals surface area (Å²) in [6.07, 6.45) is 5.01. The average molecular weight is 247 g/mol. The lowest BCUT2D eigenvalue weighted by Crippen LogP contribution is -2.14. The minimum Gasteiger partial charge on any atom is -0.377 e. The lowest BCUT2D eigenvalue weighted by Gasteiger charge is -2.06. The van der Waals surface area contributed by atoms with Crippen LogP contribution in [-0.4, -0.2) is 59.5 Å². The lowest BCUT2D eigenvalue weighted by molar-refractivity contribution is -0.00931. The van der Waals surface area contributed by atoms with Crippen LogP contribution in [0.15, 0.2) is 0 Å². The smallest absolute Gasteiger partial charge is 0.107 e. The molecule has 0 saturated carbocycles. The average Bonchev–Trinajstić information content (AvgIpc) is 2.35. The number of rotatable bonds is 13. The van der Waals surface area contributed by atoms with Crippen molar-refractivity contribution < 1.29 is 23.8 Å². The van der Waals surface area contributed by atoms with E-state index in [1.807, 2.05) is 0 Å². The van der Waals surface area contributed by atoms with Gasteiger partial charge < -0.3 is 23.8 Å². The lowest BCUT2D eigenvalue weighted by atomic mass is 10.7. The summed E-state index contributed by atoms with van der Waals surface area (Å²) in [4.78, 5) is 4.33. The van der Waals surface area contributed by atoms with Gasteiger partial charge in [0.2, 0.25) is 0 Å². The van der Waals surface area contributed by atoms with Crippen molar-refractivity contribution in [2.24, 2.45) is 5.90 Å². The molecule has 0 fully saturated rings.